The predicted molar refractivity (Wildman–Crippen MR) is 208 cm³/mol. The lowest BCUT2D eigenvalue weighted by atomic mass is 9.79. The van der Waals surface area contributed by atoms with Gasteiger partial charge in [0.05, 0.1) is 0 Å². The fraction of sp³-hybridized carbons (Fsp3) is 0.184. The molecule has 3 aliphatic carbocycles. The van der Waals surface area contributed by atoms with Crippen molar-refractivity contribution in [1.29, 1.82) is 0 Å². The molecule has 0 radical (unpaired) electrons. The third-order valence-electron chi connectivity index (χ3n) is 12.5. The van der Waals surface area contributed by atoms with E-state index in [9.17, 15) is 0 Å². The Hall–Kier alpha value is -5.20. The smallest absolute Gasteiger partial charge is 0.0159 e. The average Bonchev–Trinajstić information content (AvgIpc) is 3.60. The minimum atomic E-state index is -0.103. The first-order valence-corrected chi connectivity index (χ1v) is 17.8. The molecule has 0 fully saturated rings. The summed E-state index contributed by atoms with van der Waals surface area (Å²) in [5, 5.41) is 2.66. The summed E-state index contributed by atoms with van der Waals surface area (Å²) in [7, 11) is 0. The minimum Gasteiger partial charge on any atom is -0.0619 e. The second-order valence-corrected chi connectivity index (χ2v) is 16.2. The summed E-state index contributed by atoms with van der Waals surface area (Å²) in [6.07, 6.45) is 0. The van der Waals surface area contributed by atoms with Crippen molar-refractivity contribution in [2.45, 2.75) is 57.8 Å². The lowest BCUT2D eigenvalue weighted by Gasteiger charge is -2.24. The molecule has 0 unspecified atom stereocenters. The molecule has 0 N–H and O–H groups in total. The molecule has 0 spiro atoms. The number of benzene rings is 7. The molecule has 10 rings (SSSR count). The van der Waals surface area contributed by atoms with E-state index < -0.39 is 0 Å². The van der Waals surface area contributed by atoms with Gasteiger partial charge < -0.3 is 0 Å². The fourth-order valence-corrected chi connectivity index (χ4v) is 9.67. The Morgan fingerprint density at radius 1 is 0.306 bits per heavy atom. The van der Waals surface area contributed by atoms with E-state index in [0.29, 0.717) is 0 Å². The monoisotopic (exact) mass is 628 g/mol. The van der Waals surface area contributed by atoms with E-state index in [-0.39, 0.29) is 16.2 Å². The van der Waals surface area contributed by atoms with Crippen molar-refractivity contribution in [3.05, 3.63) is 167 Å². The molecule has 0 aromatic heterocycles. The third kappa shape index (κ3) is 3.75. The van der Waals surface area contributed by atoms with Crippen LogP contribution in [0.4, 0.5) is 0 Å². The summed E-state index contributed by atoms with van der Waals surface area (Å²) in [5.41, 5.74) is 21.8. The van der Waals surface area contributed by atoms with Crippen LogP contribution in [0.25, 0.3) is 66.4 Å². The van der Waals surface area contributed by atoms with Gasteiger partial charge in [-0.15, -0.1) is 0 Å². The zero-order valence-electron chi connectivity index (χ0n) is 29.2. The van der Waals surface area contributed by atoms with E-state index in [0.717, 1.165) is 0 Å². The van der Waals surface area contributed by atoms with Crippen molar-refractivity contribution in [1.82, 2.24) is 0 Å². The van der Waals surface area contributed by atoms with Gasteiger partial charge in [-0.1, -0.05) is 151 Å². The lowest BCUT2D eigenvalue weighted by molar-refractivity contribution is 0.659. The SMILES string of the molecule is CC1(C)c2ccccc2-c2ccc(-c3ccc4c(c3)C(C)(C)c3cc(-c5ccc6c(c5)C(C)(C)c5ccc7ccccc7c5-6)ccc3-4)cc21. The van der Waals surface area contributed by atoms with Crippen molar-refractivity contribution in [2.75, 3.05) is 0 Å². The van der Waals surface area contributed by atoms with Gasteiger partial charge in [-0.2, -0.15) is 0 Å². The van der Waals surface area contributed by atoms with Crippen LogP contribution in [-0.4, -0.2) is 0 Å². The van der Waals surface area contributed by atoms with Crippen LogP contribution in [0.15, 0.2) is 133 Å². The molecular weight excluding hydrogens is 589 g/mol. The van der Waals surface area contributed by atoms with Crippen LogP contribution < -0.4 is 0 Å². The molecule has 0 saturated heterocycles. The Bertz CT molecular complexity index is 2570. The predicted octanol–water partition coefficient (Wildman–Crippen LogP) is 13.1. The van der Waals surface area contributed by atoms with E-state index in [1.807, 2.05) is 0 Å². The maximum Gasteiger partial charge on any atom is 0.0159 e. The van der Waals surface area contributed by atoms with Crippen molar-refractivity contribution in [3.8, 4) is 55.6 Å². The van der Waals surface area contributed by atoms with Gasteiger partial charge in [0.25, 0.3) is 0 Å². The van der Waals surface area contributed by atoms with Gasteiger partial charge in [0.1, 0.15) is 0 Å². The Morgan fingerprint density at radius 3 is 1.29 bits per heavy atom. The maximum absolute atomic E-state index is 2.47. The van der Waals surface area contributed by atoms with E-state index in [1.165, 1.54) is 99.8 Å². The molecule has 0 aliphatic heterocycles. The summed E-state index contributed by atoms with van der Waals surface area (Å²) < 4.78 is 0. The molecule has 0 amide bonds. The molecule has 7 aromatic carbocycles. The van der Waals surface area contributed by atoms with Crippen LogP contribution in [0.5, 0.6) is 0 Å². The van der Waals surface area contributed by atoms with E-state index in [1.54, 1.807) is 0 Å². The molecule has 3 aliphatic rings. The van der Waals surface area contributed by atoms with Crippen LogP contribution in [0.1, 0.15) is 74.9 Å². The first-order chi connectivity index (χ1) is 23.5. The molecule has 0 nitrogen and oxygen atoms in total. The highest BCUT2D eigenvalue weighted by molar-refractivity contribution is 6.03. The Kier molecular flexibility index (Phi) is 5.57. The second-order valence-electron chi connectivity index (χ2n) is 16.2. The molecule has 49 heavy (non-hydrogen) atoms. The average molecular weight is 629 g/mol. The second kappa shape index (κ2) is 9.48. The minimum absolute atomic E-state index is 0.00603. The molecule has 0 atom stereocenters. The Morgan fingerprint density at radius 2 is 0.714 bits per heavy atom. The largest absolute Gasteiger partial charge is 0.0619 e. The maximum atomic E-state index is 2.47. The quantitative estimate of drug-likeness (QED) is 0.179. The highest BCUT2D eigenvalue weighted by Gasteiger charge is 2.39. The Labute approximate surface area is 290 Å². The lowest BCUT2D eigenvalue weighted by Crippen LogP contribution is -2.16. The molecule has 0 bridgehead atoms. The third-order valence-corrected chi connectivity index (χ3v) is 12.5. The molecular formula is C49H40. The van der Waals surface area contributed by atoms with Gasteiger partial charge >= 0.3 is 0 Å². The van der Waals surface area contributed by atoms with Crippen LogP contribution in [0, 0.1) is 0 Å². The van der Waals surface area contributed by atoms with Crippen molar-refractivity contribution in [2.24, 2.45) is 0 Å². The van der Waals surface area contributed by atoms with Crippen LogP contribution in [-0.2, 0) is 16.2 Å². The Balaban J connectivity index is 1.03. The zero-order valence-corrected chi connectivity index (χ0v) is 29.2. The highest BCUT2D eigenvalue weighted by atomic mass is 14.4. The first-order valence-electron chi connectivity index (χ1n) is 17.8. The first kappa shape index (κ1) is 28.8. The van der Waals surface area contributed by atoms with Gasteiger partial charge in [0, 0.05) is 16.2 Å². The molecule has 236 valence electrons. The molecule has 0 saturated carbocycles. The van der Waals surface area contributed by atoms with Crippen molar-refractivity contribution >= 4 is 10.8 Å². The van der Waals surface area contributed by atoms with Gasteiger partial charge in [0.15, 0.2) is 0 Å². The normalized spacial score (nSPS) is 16.4. The van der Waals surface area contributed by atoms with Crippen molar-refractivity contribution in [3.63, 3.8) is 0 Å². The van der Waals surface area contributed by atoms with Crippen LogP contribution in [0.3, 0.4) is 0 Å². The van der Waals surface area contributed by atoms with Gasteiger partial charge in [0.2, 0.25) is 0 Å². The summed E-state index contributed by atoms with van der Waals surface area (Å²) in [5.74, 6) is 0. The summed E-state index contributed by atoms with van der Waals surface area (Å²) in [4.78, 5) is 0. The number of rotatable bonds is 2. The van der Waals surface area contributed by atoms with E-state index >= 15 is 0 Å². The summed E-state index contributed by atoms with van der Waals surface area (Å²) in [6, 6.07) is 51.0. The van der Waals surface area contributed by atoms with E-state index in [4.69, 9.17) is 0 Å². The standard InChI is InChI=1S/C49H40/c1-47(2)40-14-10-9-13-35(40)36-20-15-30(25-42(36)47)31-16-21-37-38-22-17-32(27-44(38)49(5,6)43(37)26-31)33-18-23-39-45(28-33)48(3,4)41-24-19-29-11-7-8-12-34(29)46(39)41/h7-28H,1-6H3. The molecule has 0 heterocycles. The van der Waals surface area contributed by atoms with Gasteiger partial charge in [-0.25, -0.2) is 0 Å². The fourth-order valence-electron chi connectivity index (χ4n) is 9.67. The highest BCUT2D eigenvalue weighted by Crippen LogP contribution is 2.54. The number of hydrogen-bond donors (Lipinski definition) is 0. The molecule has 0 heteroatoms. The summed E-state index contributed by atoms with van der Waals surface area (Å²) in [6.45, 7) is 14.3. The van der Waals surface area contributed by atoms with Gasteiger partial charge in [-0.3, -0.25) is 0 Å². The van der Waals surface area contributed by atoms with E-state index in [2.05, 4.69) is 175 Å². The van der Waals surface area contributed by atoms with Crippen molar-refractivity contribution < 1.29 is 0 Å². The number of hydrogen-bond acceptors (Lipinski definition) is 0. The number of fused-ring (bicyclic) bond motifs is 11. The summed E-state index contributed by atoms with van der Waals surface area (Å²) >= 11 is 0. The topological polar surface area (TPSA) is 0 Å². The zero-order chi connectivity index (χ0) is 33.4. The van der Waals surface area contributed by atoms with Crippen LogP contribution in [0.2, 0.25) is 0 Å². The molecule has 7 aromatic rings. The van der Waals surface area contributed by atoms with Crippen LogP contribution >= 0.6 is 0 Å². The van der Waals surface area contributed by atoms with Gasteiger partial charge in [-0.05, 0) is 124 Å².